The van der Waals surface area contributed by atoms with Crippen molar-refractivity contribution in [2.75, 3.05) is 20.8 Å². The first-order valence-corrected chi connectivity index (χ1v) is 12.7. The molecule has 14 heteroatoms. The first-order valence-electron chi connectivity index (χ1n) is 12.7. The Hall–Kier alpha value is -3.37. The lowest BCUT2D eigenvalue weighted by Gasteiger charge is -2.45. The van der Waals surface area contributed by atoms with Gasteiger partial charge < -0.3 is 64.2 Å². The third-order valence-electron chi connectivity index (χ3n) is 8.02. The summed E-state index contributed by atoms with van der Waals surface area (Å²) in [6.45, 7) is 1.98. The number of methoxy groups -OCH3 is 2. The maximum absolute atomic E-state index is 13.2. The van der Waals surface area contributed by atoms with Crippen molar-refractivity contribution >= 4 is 5.78 Å². The van der Waals surface area contributed by atoms with Crippen molar-refractivity contribution in [3.8, 4) is 34.5 Å². The molecule has 3 aliphatic rings. The standard InChI is InChI=1S/C27H32O14/c1-10(29)26(2)19-18-13(31)7-12(30)8-14(18)40-27(41-26,11-5-15(36-3)20(32)16(6-11)37-4)24(19)39-25-23(35)22(34)21(33)17(9-28)38-25/h5-8,17,19,21-25,28,30-35H,9H2,1-4H3/t17-,19+,21-,22+,23-,24-,25+,26?,27+/m1/s1. The van der Waals surface area contributed by atoms with Crippen LogP contribution < -0.4 is 14.2 Å². The van der Waals surface area contributed by atoms with E-state index in [1.165, 1.54) is 46.3 Å². The minimum Gasteiger partial charge on any atom is -0.508 e. The number of Topliss-reactive ketones (excluding diaryl/α,β-unsaturated/α-hetero) is 1. The van der Waals surface area contributed by atoms with Crippen LogP contribution in [0.1, 0.15) is 30.9 Å². The van der Waals surface area contributed by atoms with Gasteiger partial charge in [0.05, 0.1) is 26.7 Å². The second-order valence-corrected chi connectivity index (χ2v) is 10.4. The second-order valence-electron chi connectivity index (χ2n) is 10.4. The molecule has 0 aliphatic carbocycles. The topological polar surface area (TPSA) is 214 Å². The number of aliphatic hydroxyl groups excluding tert-OH is 4. The molecule has 0 radical (unpaired) electrons. The van der Waals surface area contributed by atoms with Crippen molar-refractivity contribution in [1.82, 2.24) is 0 Å². The molecule has 41 heavy (non-hydrogen) atoms. The minimum absolute atomic E-state index is 0.0425. The van der Waals surface area contributed by atoms with E-state index in [1.54, 1.807) is 0 Å². The molecule has 7 N–H and O–H groups in total. The van der Waals surface area contributed by atoms with Gasteiger partial charge in [-0.25, -0.2) is 0 Å². The van der Waals surface area contributed by atoms with E-state index in [0.717, 1.165) is 6.07 Å². The van der Waals surface area contributed by atoms with Gasteiger partial charge in [-0.2, -0.15) is 0 Å². The molecule has 2 aromatic rings. The lowest BCUT2D eigenvalue weighted by Crippen LogP contribution is -2.61. The van der Waals surface area contributed by atoms with E-state index in [2.05, 4.69) is 0 Å². The van der Waals surface area contributed by atoms with Crippen LogP contribution in [0.4, 0.5) is 0 Å². The summed E-state index contributed by atoms with van der Waals surface area (Å²) in [5.41, 5.74) is -1.63. The molecule has 9 atom stereocenters. The molecule has 0 amide bonds. The molecule has 2 fully saturated rings. The number of benzene rings is 2. The molecular formula is C27H32O14. The van der Waals surface area contributed by atoms with E-state index in [1.807, 2.05) is 0 Å². The minimum atomic E-state index is -2.11. The second kappa shape index (κ2) is 10.2. The number of phenolic OH excluding ortho intramolecular Hbond substituents is 3. The molecule has 0 spiro atoms. The predicted molar refractivity (Wildman–Crippen MR) is 135 cm³/mol. The Labute approximate surface area is 233 Å². The Kier molecular flexibility index (Phi) is 7.22. The van der Waals surface area contributed by atoms with Crippen LogP contribution in [0, 0.1) is 0 Å². The highest BCUT2D eigenvalue weighted by Gasteiger charge is 2.71. The summed E-state index contributed by atoms with van der Waals surface area (Å²) in [4.78, 5) is 13.2. The number of phenols is 3. The zero-order valence-electron chi connectivity index (χ0n) is 22.5. The van der Waals surface area contributed by atoms with Crippen molar-refractivity contribution in [1.29, 1.82) is 0 Å². The smallest absolute Gasteiger partial charge is 0.265 e. The lowest BCUT2D eigenvalue weighted by molar-refractivity contribution is -0.337. The molecule has 0 aromatic heterocycles. The van der Waals surface area contributed by atoms with Crippen molar-refractivity contribution in [3.63, 3.8) is 0 Å². The summed E-state index contributed by atoms with van der Waals surface area (Å²) in [6.07, 6.45) is -9.73. The number of aromatic hydroxyl groups is 3. The fraction of sp³-hybridized carbons (Fsp3) is 0.519. The normalized spacial score (nSPS) is 35.9. The van der Waals surface area contributed by atoms with Crippen molar-refractivity contribution in [2.24, 2.45) is 0 Å². The van der Waals surface area contributed by atoms with Gasteiger partial charge in [0.25, 0.3) is 5.79 Å². The highest BCUT2D eigenvalue weighted by molar-refractivity contribution is 5.87. The van der Waals surface area contributed by atoms with Crippen LogP contribution in [0.25, 0.3) is 0 Å². The average molecular weight is 581 g/mol. The number of aliphatic hydroxyl groups is 4. The SMILES string of the molecule is COc1cc([C@@]23Oc4cc(O)cc(O)c4[C@@H]([C@H]2O[C@@H]2O[C@H](CO)[C@@H](O)[C@H](O)[C@H]2O)C(C)(C(C)=O)O3)cc(OC)c1O. The number of carbonyl (C=O) groups excluding carboxylic acids is 1. The number of rotatable bonds is 7. The van der Waals surface area contributed by atoms with E-state index < -0.39 is 72.3 Å². The molecule has 0 saturated carbocycles. The Bertz CT molecular complexity index is 1320. The summed E-state index contributed by atoms with van der Waals surface area (Å²) in [6, 6.07) is 4.95. The summed E-state index contributed by atoms with van der Waals surface area (Å²) >= 11 is 0. The molecule has 224 valence electrons. The van der Waals surface area contributed by atoms with E-state index in [4.69, 9.17) is 28.4 Å². The van der Waals surface area contributed by atoms with E-state index in [-0.39, 0.29) is 39.9 Å². The first kappa shape index (κ1) is 29.1. The zero-order valence-corrected chi connectivity index (χ0v) is 22.5. The summed E-state index contributed by atoms with van der Waals surface area (Å²) in [7, 11) is 2.59. The Balaban J connectivity index is 1.76. The largest absolute Gasteiger partial charge is 0.508 e. The monoisotopic (exact) mass is 580 g/mol. The van der Waals surface area contributed by atoms with Crippen LogP contribution in [0.5, 0.6) is 34.5 Å². The van der Waals surface area contributed by atoms with Gasteiger partial charge in [-0.05, 0) is 26.0 Å². The van der Waals surface area contributed by atoms with Crippen LogP contribution in [-0.4, -0.2) is 105 Å². The highest BCUT2D eigenvalue weighted by Crippen LogP contribution is 2.63. The number of ether oxygens (including phenoxy) is 6. The molecule has 2 saturated heterocycles. The summed E-state index contributed by atoms with van der Waals surface area (Å²) < 4.78 is 35.2. The maximum atomic E-state index is 13.2. The molecule has 3 aliphatic heterocycles. The van der Waals surface area contributed by atoms with Crippen LogP contribution in [0.3, 0.4) is 0 Å². The Morgan fingerprint density at radius 2 is 1.61 bits per heavy atom. The number of hydrogen-bond acceptors (Lipinski definition) is 14. The zero-order chi connectivity index (χ0) is 30.0. The lowest BCUT2D eigenvalue weighted by atomic mass is 9.75. The number of fused-ring (bicyclic) bond motifs is 4. The summed E-state index contributed by atoms with van der Waals surface area (Å²) in [5.74, 6) is -5.12. The third-order valence-corrected chi connectivity index (χ3v) is 8.02. The maximum Gasteiger partial charge on any atom is 0.265 e. The fourth-order valence-corrected chi connectivity index (χ4v) is 5.77. The van der Waals surface area contributed by atoms with Crippen LogP contribution in [-0.2, 0) is 24.8 Å². The van der Waals surface area contributed by atoms with E-state index in [9.17, 15) is 40.5 Å². The van der Waals surface area contributed by atoms with Gasteiger partial charge in [0.15, 0.2) is 23.6 Å². The van der Waals surface area contributed by atoms with E-state index >= 15 is 0 Å². The molecule has 5 rings (SSSR count). The van der Waals surface area contributed by atoms with Crippen LogP contribution >= 0.6 is 0 Å². The van der Waals surface area contributed by atoms with Gasteiger partial charge in [-0.3, -0.25) is 4.79 Å². The third kappa shape index (κ3) is 4.25. The number of carbonyl (C=O) groups is 1. The van der Waals surface area contributed by atoms with E-state index in [0.29, 0.717) is 0 Å². The van der Waals surface area contributed by atoms with Gasteiger partial charge in [-0.15, -0.1) is 0 Å². The highest BCUT2D eigenvalue weighted by atomic mass is 16.8. The molecule has 3 heterocycles. The van der Waals surface area contributed by atoms with Crippen LogP contribution in [0.15, 0.2) is 24.3 Å². The van der Waals surface area contributed by atoms with Gasteiger partial charge in [0.1, 0.15) is 53.4 Å². The average Bonchev–Trinajstić information content (AvgIpc) is 3.09. The fourth-order valence-electron chi connectivity index (χ4n) is 5.77. The molecular weight excluding hydrogens is 548 g/mol. The number of ketones is 1. The van der Waals surface area contributed by atoms with Crippen molar-refractivity contribution in [3.05, 3.63) is 35.4 Å². The Morgan fingerprint density at radius 3 is 2.17 bits per heavy atom. The van der Waals surface area contributed by atoms with Gasteiger partial charge >= 0.3 is 0 Å². The summed E-state index contributed by atoms with van der Waals surface area (Å²) in [5, 5.41) is 72.9. The van der Waals surface area contributed by atoms with Crippen molar-refractivity contribution in [2.45, 2.75) is 68.0 Å². The van der Waals surface area contributed by atoms with Gasteiger partial charge in [-0.1, -0.05) is 0 Å². The molecule has 2 bridgehead atoms. The predicted octanol–water partition coefficient (Wildman–Crippen LogP) is -0.287. The van der Waals surface area contributed by atoms with Crippen LogP contribution in [0.2, 0.25) is 0 Å². The Morgan fingerprint density at radius 1 is 0.976 bits per heavy atom. The molecule has 1 unspecified atom stereocenters. The van der Waals surface area contributed by atoms with Gasteiger partial charge in [0.2, 0.25) is 5.75 Å². The van der Waals surface area contributed by atoms with Crippen molar-refractivity contribution < 1.29 is 69.0 Å². The molecule has 14 nitrogen and oxygen atoms in total. The molecule has 2 aromatic carbocycles. The quantitative estimate of drug-likeness (QED) is 0.224. The first-order chi connectivity index (χ1) is 19.3. The van der Waals surface area contributed by atoms with Gasteiger partial charge in [0, 0.05) is 23.3 Å². The number of hydrogen-bond donors (Lipinski definition) is 7.